The molecule has 0 saturated carbocycles. The summed E-state index contributed by atoms with van der Waals surface area (Å²) in [5.41, 5.74) is 0.394. The summed E-state index contributed by atoms with van der Waals surface area (Å²) in [6, 6.07) is 0. The number of nitrogens with zero attached hydrogens (tertiary/aromatic N) is 1. The fourth-order valence-electron chi connectivity index (χ4n) is 1.49. The van der Waals surface area contributed by atoms with Gasteiger partial charge in [-0.15, -0.1) is 0 Å². The van der Waals surface area contributed by atoms with Crippen molar-refractivity contribution in [3.63, 3.8) is 0 Å². The first-order chi connectivity index (χ1) is 6.27. The fourth-order valence-corrected chi connectivity index (χ4v) is 1.49. The Morgan fingerprint density at radius 1 is 1.69 bits per heavy atom. The Kier molecular flexibility index (Phi) is 1.88. The van der Waals surface area contributed by atoms with Gasteiger partial charge in [0.2, 0.25) is 0 Å². The van der Waals surface area contributed by atoms with Gasteiger partial charge in [-0.2, -0.15) is 0 Å². The lowest BCUT2D eigenvalue weighted by atomic mass is 9.96. The predicted octanol–water partition coefficient (Wildman–Crippen LogP) is 0.533. The first kappa shape index (κ1) is 8.04. The van der Waals surface area contributed by atoms with Crippen molar-refractivity contribution < 1.29 is 9.90 Å². The molecule has 1 atom stereocenters. The maximum absolute atomic E-state index is 10.7. The number of carboxylic acid groups (broad SMARTS) is 1. The van der Waals surface area contributed by atoms with E-state index < -0.39 is 5.97 Å². The number of nitrogens with one attached hydrogen (secondary N) is 1. The SMILES string of the molecule is O=C(O)C1=CC2CC=CNC2=NC1. The number of carboxylic acids is 1. The maximum Gasteiger partial charge on any atom is 0.333 e. The zero-order valence-corrected chi connectivity index (χ0v) is 7.03. The number of allylic oxidation sites excluding steroid dienone is 1. The van der Waals surface area contributed by atoms with Crippen LogP contribution in [-0.4, -0.2) is 23.5 Å². The number of hydrogen-bond donors (Lipinski definition) is 2. The second-order valence-electron chi connectivity index (χ2n) is 3.09. The van der Waals surface area contributed by atoms with Crippen LogP contribution in [-0.2, 0) is 4.79 Å². The Labute approximate surface area is 75.7 Å². The summed E-state index contributed by atoms with van der Waals surface area (Å²) >= 11 is 0. The van der Waals surface area contributed by atoms with Gasteiger partial charge in [0.15, 0.2) is 0 Å². The first-order valence-electron chi connectivity index (χ1n) is 4.17. The highest BCUT2D eigenvalue weighted by Crippen LogP contribution is 2.18. The summed E-state index contributed by atoms with van der Waals surface area (Å²) in [5, 5.41) is 11.8. The highest BCUT2D eigenvalue weighted by molar-refractivity contribution is 5.94. The molecule has 0 bridgehead atoms. The van der Waals surface area contributed by atoms with Gasteiger partial charge in [-0.05, 0) is 12.6 Å². The van der Waals surface area contributed by atoms with Gasteiger partial charge < -0.3 is 10.4 Å². The minimum Gasteiger partial charge on any atom is -0.478 e. The molecule has 0 aromatic heterocycles. The van der Waals surface area contributed by atoms with Crippen LogP contribution in [0.3, 0.4) is 0 Å². The van der Waals surface area contributed by atoms with E-state index in [0.717, 1.165) is 12.3 Å². The van der Waals surface area contributed by atoms with Crippen molar-refractivity contribution in [1.29, 1.82) is 0 Å². The zero-order chi connectivity index (χ0) is 9.26. The van der Waals surface area contributed by atoms with Crippen LogP contribution in [0, 0.1) is 5.92 Å². The van der Waals surface area contributed by atoms with Crippen molar-refractivity contribution in [3.05, 3.63) is 23.9 Å². The lowest BCUT2D eigenvalue weighted by Gasteiger charge is -2.22. The molecular formula is C9H10N2O2. The van der Waals surface area contributed by atoms with Gasteiger partial charge in [0, 0.05) is 5.92 Å². The van der Waals surface area contributed by atoms with Crippen LogP contribution in [0.2, 0.25) is 0 Å². The highest BCUT2D eigenvalue weighted by atomic mass is 16.4. The van der Waals surface area contributed by atoms with E-state index in [1.165, 1.54) is 0 Å². The molecule has 0 aromatic carbocycles. The van der Waals surface area contributed by atoms with Crippen LogP contribution in [0.25, 0.3) is 0 Å². The van der Waals surface area contributed by atoms with Gasteiger partial charge in [-0.1, -0.05) is 12.2 Å². The van der Waals surface area contributed by atoms with Crippen LogP contribution >= 0.6 is 0 Å². The summed E-state index contributed by atoms with van der Waals surface area (Å²) in [4.78, 5) is 14.8. The van der Waals surface area contributed by atoms with Crippen LogP contribution in [0.5, 0.6) is 0 Å². The lowest BCUT2D eigenvalue weighted by molar-refractivity contribution is -0.132. The summed E-state index contributed by atoms with van der Waals surface area (Å²) in [6.45, 7) is 0.280. The van der Waals surface area contributed by atoms with Crippen LogP contribution in [0.15, 0.2) is 28.9 Å². The molecule has 2 heterocycles. The predicted molar refractivity (Wildman–Crippen MR) is 48.4 cm³/mol. The molecule has 0 saturated heterocycles. The largest absolute Gasteiger partial charge is 0.478 e. The molecule has 0 fully saturated rings. The molecule has 13 heavy (non-hydrogen) atoms. The third kappa shape index (κ3) is 1.47. The van der Waals surface area contributed by atoms with Gasteiger partial charge in [0.05, 0.1) is 12.1 Å². The molecule has 0 aromatic rings. The Morgan fingerprint density at radius 2 is 2.54 bits per heavy atom. The van der Waals surface area contributed by atoms with Crippen molar-refractivity contribution in [2.45, 2.75) is 6.42 Å². The van der Waals surface area contributed by atoms with Crippen LogP contribution < -0.4 is 5.32 Å². The molecule has 2 rings (SSSR count). The second-order valence-corrected chi connectivity index (χ2v) is 3.09. The molecule has 4 heteroatoms. The van der Waals surface area contributed by atoms with Crippen LogP contribution in [0.4, 0.5) is 0 Å². The van der Waals surface area contributed by atoms with Crippen molar-refractivity contribution in [3.8, 4) is 0 Å². The third-order valence-corrected chi connectivity index (χ3v) is 2.19. The number of fused-ring (bicyclic) bond motifs is 1. The van der Waals surface area contributed by atoms with Crippen molar-refractivity contribution in [2.75, 3.05) is 6.54 Å². The molecule has 68 valence electrons. The molecule has 4 nitrogen and oxygen atoms in total. The second kappa shape index (κ2) is 3.05. The first-order valence-corrected chi connectivity index (χ1v) is 4.17. The monoisotopic (exact) mass is 178 g/mol. The number of aliphatic carboxylic acids is 1. The smallest absolute Gasteiger partial charge is 0.333 e. The standard InChI is InChI=1S/C9H10N2O2/c12-9(13)7-4-6-2-1-3-10-8(6)11-5-7/h1,3-4,6H,2,5H2,(H,10,11)(H,12,13). The van der Waals surface area contributed by atoms with Gasteiger partial charge in [0.1, 0.15) is 5.84 Å². The lowest BCUT2D eigenvalue weighted by Crippen LogP contribution is -2.32. The van der Waals surface area contributed by atoms with E-state index in [-0.39, 0.29) is 12.5 Å². The molecule has 0 spiro atoms. The van der Waals surface area contributed by atoms with E-state index in [9.17, 15) is 4.79 Å². The maximum atomic E-state index is 10.7. The van der Waals surface area contributed by atoms with Crippen LogP contribution in [0.1, 0.15) is 6.42 Å². The summed E-state index contributed by atoms with van der Waals surface area (Å²) in [6.07, 6.45) is 6.43. The molecule has 2 N–H and O–H groups in total. The van der Waals surface area contributed by atoms with Gasteiger partial charge in [0.25, 0.3) is 0 Å². The summed E-state index contributed by atoms with van der Waals surface area (Å²) in [7, 11) is 0. The Hall–Kier alpha value is -1.58. The Morgan fingerprint density at radius 3 is 3.31 bits per heavy atom. The molecule has 0 aliphatic carbocycles. The average Bonchev–Trinajstić information content (AvgIpc) is 2.17. The third-order valence-electron chi connectivity index (χ3n) is 2.19. The minimum atomic E-state index is -0.864. The highest BCUT2D eigenvalue weighted by Gasteiger charge is 2.21. The Balaban J connectivity index is 2.22. The van der Waals surface area contributed by atoms with E-state index in [4.69, 9.17) is 5.11 Å². The van der Waals surface area contributed by atoms with E-state index in [1.807, 2.05) is 12.3 Å². The van der Waals surface area contributed by atoms with E-state index in [0.29, 0.717) is 5.57 Å². The number of amidine groups is 1. The minimum absolute atomic E-state index is 0.129. The normalized spacial score (nSPS) is 25.4. The molecule has 2 aliphatic heterocycles. The number of aliphatic imine (C=N–C) groups is 1. The molecular weight excluding hydrogens is 168 g/mol. The molecule has 2 aliphatic rings. The van der Waals surface area contributed by atoms with E-state index in [2.05, 4.69) is 10.3 Å². The van der Waals surface area contributed by atoms with Crippen molar-refractivity contribution >= 4 is 11.8 Å². The van der Waals surface area contributed by atoms with Gasteiger partial charge in [-0.3, -0.25) is 4.99 Å². The van der Waals surface area contributed by atoms with E-state index >= 15 is 0 Å². The summed E-state index contributed by atoms with van der Waals surface area (Å²) < 4.78 is 0. The molecule has 1 unspecified atom stereocenters. The summed E-state index contributed by atoms with van der Waals surface area (Å²) in [5.74, 6) is 0.148. The number of rotatable bonds is 1. The molecule has 0 amide bonds. The zero-order valence-electron chi connectivity index (χ0n) is 7.03. The van der Waals surface area contributed by atoms with Gasteiger partial charge in [-0.25, -0.2) is 4.79 Å². The van der Waals surface area contributed by atoms with Crippen molar-refractivity contribution in [1.82, 2.24) is 5.32 Å². The number of dihydropyridines is 1. The van der Waals surface area contributed by atoms with E-state index in [1.54, 1.807) is 6.08 Å². The fraction of sp³-hybridized carbons (Fsp3) is 0.333. The molecule has 0 radical (unpaired) electrons. The van der Waals surface area contributed by atoms with Gasteiger partial charge >= 0.3 is 5.97 Å². The van der Waals surface area contributed by atoms with Crippen molar-refractivity contribution in [2.24, 2.45) is 10.9 Å². The number of hydrogen-bond acceptors (Lipinski definition) is 3. The average molecular weight is 178 g/mol. The number of carbonyl (C=O) groups is 1. The quantitative estimate of drug-likeness (QED) is 0.615. The topological polar surface area (TPSA) is 61.7 Å². The Bertz CT molecular complexity index is 329.